The summed E-state index contributed by atoms with van der Waals surface area (Å²) in [6.07, 6.45) is 2.29. The highest BCUT2D eigenvalue weighted by Crippen LogP contribution is 2.29. The smallest absolute Gasteiger partial charge is 0.341 e. The standard InChI is InChI=1S/C22H29N3O5S/c1-4-16-12-17(22(28)29-5-2)21(31-16)24-19(26)13-25-10-8-15(9-11-25)23-20(27)18-7-6-14(3)30-18/h6-7,12,15H,4-5,8-11,13H2,1-3H3,(H,23,27)(H,24,26). The molecule has 31 heavy (non-hydrogen) atoms. The Morgan fingerprint density at radius 3 is 2.58 bits per heavy atom. The van der Waals surface area contributed by atoms with Crippen molar-refractivity contribution < 1.29 is 23.5 Å². The quantitative estimate of drug-likeness (QED) is 0.603. The molecule has 1 saturated heterocycles. The van der Waals surface area contributed by atoms with Crippen molar-refractivity contribution in [2.75, 3.05) is 31.6 Å². The van der Waals surface area contributed by atoms with Gasteiger partial charge in [-0.1, -0.05) is 6.92 Å². The van der Waals surface area contributed by atoms with Gasteiger partial charge in [-0.25, -0.2) is 4.79 Å². The van der Waals surface area contributed by atoms with E-state index in [1.807, 2.05) is 11.8 Å². The van der Waals surface area contributed by atoms with Crippen molar-refractivity contribution in [2.45, 2.75) is 46.1 Å². The number of esters is 1. The summed E-state index contributed by atoms with van der Waals surface area (Å²) < 4.78 is 10.5. The topological polar surface area (TPSA) is 101 Å². The minimum Gasteiger partial charge on any atom is -0.462 e. The Labute approximate surface area is 185 Å². The fourth-order valence-electron chi connectivity index (χ4n) is 3.49. The zero-order valence-corrected chi connectivity index (χ0v) is 19.0. The number of hydrogen-bond donors (Lipinski definition) is 2. The van der Waals surface area contributed by atoms with E-state index in [0.717, 1.165) is 24.1 Å². The largest absolute Gasteiger partial charge is 0.462 e. The Balaban J connectivity index is 1.48. The molecule has 1 fully saturated rings. The number of nitrogens with one attached hydrogen (secondary N) is 2. The Hall–Kier alpha value is -2.65. The van der Waals surface area contributed by atoms with E-state index in [-0.39, 0.29) is 31.0 Å². The molecular formula is C22H29N3O5S. The predicted octanol–water partition coefficient (Wildman–Crippen LogP) is 3.22. The lowest BCUT2D eigenvalue weighted by Gasteiger charge is -2.31. The summed E-state index contributed by atoms with van der Waals surface area (Å²) in [5.41, 5.74) is 0.409. The molecule has 0 spiro atoms. The van der Waals surface area contributed by atoms with Crippen molar-refractivity contribution in [3.63, 3.8) is 0 Å². The maximum atomic E-state index is 12.6. The van der Waals surface area contributed by atoms with Crippen LogP contribution in [0.4, 0.5) is 5.00 Å². The summed E-state index contributed by atoms with van der Waals surface area (Å²) in [4.78, 5) is 40.0. The average Bonchev–Trinajstić information content (AvgIpc) is 3.36. The molecule has 2 N–H and O–H groups in total. The lowest BCUT2D eigenvalue weighted by atomic mass is 10.0. The van der Waals surface area contributed by atoms with Crippen LogP contribution in [0.1, 0.15) is 58.2 Å². The van der Waals surface area contributed by atoms with Crippen LogP contribution in [0.3, 0.4) is 0 Å². The molecule has 168 valence electrons. The number of rotatable bonds is 8. The van der Waals surface area contributed by atoms with Crippen LogP contribution < -0.4 is 10.6 Å². The van der Waals surface area contributed by atoms with E-state index in [1.165, 1.54) is 11.3 Å². The van der Waals surface area contributed by atoms with Crippen LogP contribution in [0, 0.1) is 6.92 Å². The third-order valence-corrected chi connectivity index (χ3v) is 6.33. The molecule has 3 heterocycles. The van der Waals surface area contributed by atoms with Crippen molar-refractivity contribution in [3.05, 3.63) is 40.2 Å². The molecule has 0 unspecified atom stereocenters. The van der Waals surface area contributed by atoms with E-state index in [4.69, 9.17) is 9.15 Å². The third kappa shape index (κ3) is 6.18. The van der Waals surface area contributed by atoms with Gasteiger partial charge < -0.3 is 19.8 Å². The Bertz CT molecular complexity index is 927. The predicted molar refractivity (Wildman–Crippen MR) is 119 cm³/mol. The van der Waals surface area contributed by atoms with Crippen molar-refractivity contribution >= 4 is 34.1 Å². The molecule has 2 aromatic rings. The first-order valence-electron chi connectivity index (χ1n) is 10.6. The summed E-state index contributed by atoms with van der Waals surface area (Å²) in [6.45, 7) is 7.48. The Morgan fingerprint density at radius 1 is 1.23 bits per heavy atom. The zero-order valence-electron chi connectivity index (χ0n) is 18.2. The second kappa shape index (κ2) is 10.6. The number of hydrogen-bond acceptors (Lipinski definition) is 7. The van der Waals surface area contributed by atoms with E-state index in [0.29, 0.717) is 35.2 Å². The van der Waals surface area contributed by atoms with Gasteiger partial charge in [0.25, 0.3) is 5.91 Å². The number of carbonyl (C=O) groups is 3. The summed E-state index contributed by atoms with van der Waals surface area (Å²) in [6, 6.07) is 5.27. The monoisotopic (exact) mass is 447 g/mol. The van der Waals surface area contributed by atoms with Gasteiger partial charge in [-0.3, -0.25) is 14.5 Å². The van der Waals surface area contributed by atoms with Crippen molar-refractivity contribution in [3.8, 4) is 0 Å². The maximum absolute atomic E-state index is 12.6. The van der Waals surface area contributed by atoms with Gasteiger partial charge >= 0.3 is 5.97 Å². The van der Waals surface area contributed by atoms with Gasteiger partial charge in [0.15, 0.2) is 5.76 Å². The second-order valence-electron chi connectivity index (χ2n) is 7.51. The number of piperidine rings is 1. The van der Waals surface area contributed by atoms with Crippen molar-refractivity contribution in [2.24, 2.45) is 0 Å². The van der Waals surface area contributed by atoms with Gasteiger partial charge in [0.05, 0.1) is 18.7 Å². The number of nitrogens with zero attached hydrogens (tertiary/aromatic N) is 1. The van der Waals surface area contributed by atoms with Gasteiger partial charge in [0, 0.05) is 24.0 Å². The van der Waals surface area contributed by atoms with Gasteiger partial charge in [-0.05, 0) is 51.3 Å². The van der Waals surface area contributed by atoms with Crippen LogP contribution in [-0.2, 0) is 16.0 Å². The molecule has 0 atom stereocenters. The first-order valence-corrected chi connectivity index (χ1v) is 11.4. The van der Waals surface area contributed by atoms with Crippen LogP contribution in [-0.4, -0.2) is 55.0 Å². The van der Waals surface area contributed by atoms with Crippen molar-refractivity contribution in [1.29, 1.82) is 0 Å². The molecule has 0 aromatic carbocycles. The molecule has 9 heteroatoms. The number of carbonyl (C=O) groups excluding carboxylic acids is 3. The minimum atomic E-state index is -0.419. The molecule has 2 amide bonds. The van der Waals surface area contributed by atoms with Crippen LogP contribution >= 0.6 is 11.3 Å². The van der Waals surface area contributed by atoms with Gasteiger partial charge in [0.2, 0.25) is 5.91 Å². The van der Waals surface area contributed by atoms with Crippen LogP contribution in [0.2, 0.25) is 0 Å². The van der Waals surface area contributed by atoms with Crippen LogP contribution in [0.15, 0.2) is 22.6 Å². The summed E-state index contributed by atoms with van der Waals surface area (Å²) in [5, 5.41) is 6.41. The number of ether oxygens (including phenoxy) is 1. The summed E-state index contributed by atoms with van der Waals surface area (Å²) >= 11 is 1.40. The molecule has 0 radical (unpaired) electrons. The Kier molecular flexibility index (Phi) is 7.86. The molecular weight excluding hydrogens is 418 g/mol. The minimum absolute atomic E-state index is 0.0528. The van der Waals surface area contributed by atoms with E-state index >= 15 is 0 Å². The first kappa shape index (κ1) is 23.0. The Morgan fingerprint density at radius 2 is 1.97 bits per heavy atom. The van der Waals surface area contributed by atoms with Gasteiger partial charge in [0.1, 0.15) is 10.8 Å². The highest BCUT2D eigenvalue weighted by Gasteiger charge is 2.24. The molecule has 8 nitrogen and oxygen atoms in total. The van der Waals surface area contributed by atoms with Gasteiger partial charge in [-0.15, -0.1) is 11.3 Å². The van der Waals surface area contributed by atoms with E-state index < -0.39 is 5.97 Å². The molecule has 1 aliphatic heterocycles. The second-order valence-corrected chi connectivity index (χ2v) is 8.65. The SMILES string of the molecule is CCOC(=O)c1cc(CC)sc1NC(=O)CN1CCC(NC(=O)c2ccc(C)o2)CC1. The first-order chi connectivity index (χ1) is 14.9. The van der Waals surface area contributed by atoms with E-state index in [9.17, 15) is 14.4 Å². The number of amides is 2. The number of aryl methyl sites for hydroxylation is 2. The number of thiophene rings is 1. The third-order valence-electron chi connectivity index (χ3n) is 5.13. The molecule has 2 aromatic heterocycles. The fraction of sp³-hybridized carbons (Fsp3) is 0.500. The molecule has 3 rings (SSSR count). The fourth-order valence-corrected chi connectivity index (χ4v) is 4.49. The van der Waals surface area contributed by atoms with Crippen LogP contribution in [0.25, 0.3) is 0 Å². The number of anilines is 1. The molecule has 1 aliphatic rings. The zero-order chi connectivity index (χ0) is 22.4. The van der Waals surface area contributed by atoms with E-state index in [2.05, 4.69) is 10.6 Å². The van der Waals surface area contributed by atoms with Crippen LogP contribution in [0.5, 0.6) is 0 Å². The lowest BCUT2D eigenvalue weighted by molar-refractivity contribution is -0.117. The highest BCUT2D eigenvalue weighted by atomic mass is 32.1. The number of likely N-dealkylation sites (tertiary alicyclic amines) is 1. The maximum Gasteiger partial charge on any atom is 0.341 e. The van der Waals surface area contributed by atoms with Gasteiger partial charge in [-0.2, -0.15) is 0 Å². The molecule has 0 bridgehead atoms. The normalized spacial score (nSPS) is 14.9. The lowest BCUT2D eigenvalue weighted by Crippen LogP contribution is -2.46. The molecule has 0 saturated carbocycles. The summed E-state index contributed by atoms with van der Waals surface area (Å²) in [5.74, 6) is 0.230. The molecule has 0 aliphatic carbocycles. The number of furan rings is 1. The van der Waals surface area contributed by atoms with Crippen molar-refractivity contribution in [1.82, 2.24) is 10.2 Å². The van der Waals surface area contributed by atoms with E-state index in [1.54, 1.807) is 32.0 Å². The highest BCUT2D eigenvalue weighted by molar-refractivity contribution is 7.16. The average molecular weight is 448 g/mol. The summed E-state index contributed by atoms with van der Waals surface area (Å²) in [7, 11) is 0.